The molecule has 114 valence electrons. The van der Waals surface area contributed by atoms with Crippen LogP contribution in [0.15, 0.2) is 18.2 Å². The number of anilines is 1. The van der Waals surface area contributed by atoms with Crippen LogP contribution in [0.2, 0.25) is 0 Å². The molecular formula is C14H17FN2O3S. The Morgan fingerprint density at radius 2 is 2.14 bits per heavy atom. The number of carbonyl (C=O) groups is 2. The van der Waals surface area contributed by atoms with Crippen molar-refractivity contribution in [3.05, 3.63) is 29.6 Å². The molecule has 1 aromatic carbocycles. The summed E-state index contributed by atoms with van der Waals surface area (Å²) in [6, 6.07) is 3.21. The molecule has 0 aliphatic carbocycles. The lowest BCUT2D eigenvalue weighted by Crippen LogP contribution is -2.48. The maximum Gasteiger partial charge on any atom is 0.337 e. The maximum absolute atomic E-state index is 13.8. The minimum Gasteiger partial charge on any atom is -0.478 e. The number of nitrogens with zero attached hydrogens (tertiary/aromatic N) is 1. The minimum absolute atomic E-state index is 0.0690. The molecule has 2 amide bonds. The van der Waals surface area contributed by atoms with Crippen molar-refractivity contribution in [1.29, 1.82) is 0 Å². The summed E-state index contributed by atoms with van der Waals surface area (Å²) < 4.78 is 13.7. The number of nitrogens with one attached hydrogen (secondary N) is 1. The Morgan fingerprint density at radius 3 is 2.76 bits per heavy atom. The van der Waals surface area contributed by atoms with Gasteiger partial charge in [-0.2, -0.15) is 11.8 Å². The van der Waals surface area contributed by atoms with Crippen LogP contribution in [-0.2, 0) is 0 Å². The predicted octanol–water partition coefficient (Wildman–Crippen LogP) is 2.88. The molecule has 5 nitrogen and oxygen atoms in total. The zero-order valence-electron chi connectivity index (χ0n) is 11.9. The molecule has 2 rings (SSSR count). The number of hydrogen-bond donors (Lipinski definition) is 2. The van der Waals surface area contributed by atoms with Crippen molar-refractivity contribution in [1.82, 2.24) is 4.90 Å². The highest BCUT2D eigenvalue weighted by Gasteiger charge is 2.30. The first-order valence-corrected chi connectivity index (χ1v) is 7.50. The van der Waals surface area contributed by atoms with E-state index in [4.69, 9.17) is 5.11 Å². The highest BCUT2D eigenvalue weighted by atomic mass is 32.2. The lowest BCUT2D eigenvalue weighted by atomic mass is 10.1. The summed E-state index contributed by atoms with van der Waals surface area (Å²) in [4.78, 5) is 24.9. The predicted molar refractivity (Wildman–Crippen MR) is 80.5 cm³/mol. The molecule has 1 aliphatic rings. The Balaban J connectivity index is 2.18. The first-order chi connectivity index (χ1) is 9.80. The van der Waals surface area contributed by atoms with Gasteiger partial charge in [-0.3, -0.25) is 0 Å². The van der Waals surface area contributed by atoms with Gasteiger partial charge in [0, 0.05) is 23.6 Å². The van der Waals surface area contributed by atoms with E-state index in [1.807, 2.05) is 13.8 Å². The molecule has 0 saturated carbocycles. The third kappa shape index (κ3) is 3.66. The number of halogens is 1. The van der Waals surface area contributed by atoms with E-state index in [-0.39, 0.29) is 16.0 Å². The number of amides is 2. The summed E-state index contributed by atoms with van der Waals surface area (Å²) in [5.41, 5.74) is -0.542. The van der Waals surface area contributed by atoms with Crippen LogP contribution < -0.4 is 5.32 Å². The lowest BCUT2D eigenvalue weighted by Gasteiger charge is -2.37. The Bertz CT molecular complexity index is 577. The van der Waals surface area contributed by atoms with E-state index < -0.39 is 17.8 Å². The number of urea groups is 1. The molecule has 7 heteroatoms. The Morgan fingerprint density at radius 1 is 1.43 bits per heavy atom. The second-order valence-corrected chi connectivity index (χ2v) is 7.23. The van der Waals surface area contributed by atoms with Gasteiger partial charge < -0.3 is 15.3 Å². The summed E-state index contributed by atoms with van der Waals surface area (Å²) in [7, 11) is 0. The highest BCUT2D eigenvalue weighted by Crippen LogP contribution is 2.30. The first kappa shape index (κ1) is 15.6. The van der Waals surface area contributed by atoms with Gasteiger partial charge in [0.25, 0.3) is 0 Å². The maximum atomic E-state index is 13.8. The number of carboxylic acids is 1. The molecule has 0 bridgehead atoms. The van der Waals surface area contributed by atoms with Crippen LogP contribution in [0.3, 0.4) is 0 Å². The normalized spacial score (nSPS) is 17.4. The summed E-state index contributed by atoms with van der Waals surface area (Å²) >= 11 is 1.77. The van der Waals surface area contributed by atoms with Crippen LogP contribution >= 0.6 is 11.8 Å². The highest BCUT2D eigenvalue weighted by molar-refractivity contribution is 8.00. The standard InChI is InChI=1S/C14H17FN2O3S/c1-14(2)8-17(6-7-21-14)13(20)16-11-9(12(18)19)4-3-5-10(11)15/h3-5H,6-8H2,1-2H3,(H,16,20)(H,18,19). The Labute approximate surface area is 126 Å². The molecule has 0 spiro atoms. The lowest BCUT2D eigenvalue weighted by molar-refractivity contribution is 0.0697. The van der Waals surface area contributed by atoms with Crippen LogP contribution in [0.1, 0.15) is 24.2 Å². The molecule has 1 heterocycles. The van der Waals surface area contributed by atoms with Gasteiger partial charge in [-0.25, -0.2) is 14.0 Å². The van der Waals surface area contributed by atoms with Crippen molar-refractivity contribution < 1.29 is 19.1 Å². The molecular weight excluding hydrogens is 295 g/mol. The van der Waals surface area contributed by atoms with Gasteiger partial charge in [0.05, 0.1) is 11.3 Å². The third-order valence-corrected chi connectivity index (χ3v) is 4.49. The second kappa shape index (κ2) is 5.93. The van der Waals surface area contributed by atoms with Crippen LogP contribution in [0.4, 0.5) is 14.9 Å². The molecule has 2 N–H and O–H groups in total. The molecule has 0 atom stereocenters. The van der Waals surface area contributed by atoms with Crippen LogP contribution in [0.5, 0.6) is 0 Å². The molecule has 0 unspecified atom stereocenters. The number of thioether (sulfide) groups is 1. The van der Waals surface area contributed by atoms with E-state index in [0.29, 0.717) is 13.1 Å². The van der Waals surface area contributed by atoms with E-state index in [1.165, 1.54) is 12.1 Å². The Kier molecular flexibility index (Phi) is 4.41. The van der Waals surface area contributed by atoms with Gasteiger partial charge >= 0.3 is 12.0 Å². The smallest absolute Gasteiger partial charge is 0.337 e. The van der Waals surface area contributed by atoms with Crippen molar-refractivity contribution in [3.63, 3.8) is 0 Å². The zero-order chi connectivity index (χ0) is 15.6. The first-order valence-electron chi connectivity index (χ1n) is 6.52. The van der Waals surface area contributed by atoms with Crippen molar-refractivity contribution in [2.24, 2.45) is 0 Å². The summed E-state index contributed by atoms with van der Waals surface area (Å²) in [6.07, 6.45) is 0. The van der Waals surface area contributed by atoms with Gasteiger partial charge in [0.2, 0.25) is 0 Å². The molecule has 1 aliphatic heterocycles. The minimum atomic E-state index is -1.28. The number of carboxylic acid groups (broad SMARTS) is 1. The third-order valence-electron chi connectivity index (χ3n) is 3.19. The van der Waals surface area contributed by atoms with Gasteiger partial charge in [-0.15, -0.1) is 0 Å². The van der Waals surface area contributed by atoms with E-state index in [1.54, 1.807) is 16.7 Å². The molecule has 1 fully saturated rings. The number of aromatic carboxylic acids is 1. The fourth-order valence-corrected chi connectivity index (χ4v) is 3.32. The monoisotopic (exact) mass is 312 g/mol. The van der Waals surface area contributed by atoms with Crippen molar-refractivity contribution in [2.45, 2.75) is 18.6 Å². The number of para-hydroxylation sites is 1. The van der Waals surface area contributed by atoms with Crippen LogP contribution in [-0.4, -0.2) is 45.6 Å². The van der Waals surface area contributed by atoms with Crippen LogP contribution in [0, 0.1) is 5.82 Å². The number of carbonyl (C=O) groups excluding carboxylic acids is 1. The molecule has 1 saturated heterocycles. The van der Waals surface area contributed by atoms with Gasteiger partial charge in [0.1, 0.15) is 5.82 Å². The van der Waals surface area contributed by atoms with E-state index >= 15 is 0 Å². The van der Waals surface area contributed by atoms with Gasteiger partial charge in [-0.05, 0) is 26.0 Å². The van der Waals surface area contributed by atoms with Gasteiger partial charge in [-0.1, -0.05) is 6.07 Å². The molecule has 0 aromatic heterocycles. The topological polar surface area (TPSA) is 69.6 Å². The quantitative estimate of drug-likeness (QED) is 0.881. The number of benzene rings is 1. The van der Waals surface area contributed by atoms with E-state index in [2.05, 4.69) is 5.32 Å². The van der Waals surface area contributed by atoms with Gasteiger partial charge in [0.15, 0.2) is 0 Å². The molecule has 1 aromatic rings. The molecule has 0 radical (unpaired) electrons. The number of hydrogen-bond acceptors (Lipinski definition) is 3. The average molecular weight is 312 g/mol. The zero-order valence-corrected chi connectivity index (χ0v) is 12.7. The fourth-order valence-electron chi connectivity index (χ4n) is 2.21. The average Bonchev–Trinajstić information content (AvgIpc) is 2.39. The summed E-state index contributed by atoms with van der Waals surface area (Å²) in [5.74, 6) is -1.24. The van der Waals surface area contributed by atoms with Crippen LogP contribution in [0.25, 0.3) is 0 Å². The van der Waals surface area contributed by atoms with E-state index in [0.717, 1.165) is 11.8 Å². The van der Waals surface area contributed by atoms with E-state index in [9.17, 15) is 14.0 Å². The van der Waals surface area contributed by atoms with Crippen molar-refractivity contribution >= 4 is 29.4 Å². The number of rotatable bonds is 2. The second-order valence-electron chi connectivity index (χ2n) is 5.43. The van der Waals surface area contributed by atoms with Crippen molar-refractivity contribution in [3.8, 4) is 0 Å². The molecule has 21 heavy (non-hydrogen) atoms. The fraction of sp³-hybridized carbons (Fsp3) is 0.429. The Hall–Kier alpha value is -1.76. The summed E-state index contributed by atoms with van der Waals surface area (Å²) in [6.45, 7) is 5.14. The van der Waals surface area contributed by atoms with Crippen molar-refractivity contribution in [2.75, 3.05) is 24.2 Å². The SMILES string of the molecule is CC1(C)CN(C(=O)Nc2c(F)cccc2C(=O)O)CCS1. The largest absolute Gasteiger partial charge is 0.478 e. The summed E-state index contributed by atoms with van der Waals surface area (Å²) in [5, 5.41) is 11.5.